The molecule has 5 heteroatoms. The summed E-state index contributed by atoms with van der Waals surface area (Å²) in [5.74, 6) is -1.92. The number of carbonyl (C=O) groups excluding carboxylic acids is 1. The second-order valence-electron chi connectivity index (χ2n) is 3.87. The van der Waals surface area contributed by atoms with Crippen LogP contribution in [0.25, 0.3) is 0 Å². The van der Waals surface area contributed by atoms with Gasteiger partial charge in [-0.3, -0.25) is 0 Å². The number of carbonyl (C=O) groups is 2. The van der Waals surface area contributed by atoms with Crippen molar-refractivity contribution in [2.75, 3.05) is 27.2 Å². The molecule has 5 nitrogen and oxygen atoms in total. The number of carboxylic acids is 2. The molecule has 0 aromatic rings. The summed E-state index contributed by atoms with van der Waals surface area (Å²) in [5.41, 5.74) is 0.0648. The largest absolute Gasteiger partial charge is 0.545 e. The van der Waals surface area contributed by atoms with Crippen molar-refractivity contribution in [2.45, 2.75) is 13.8 Å². The summed E-state index contributed by atoms with van der Waals surface area (Å²) in [6, 6.07) is 0. The highest BCUT2D eigenvalue weighted by molar-refractivity contribution is 5.82. The zero-order chi connectivity index (χ0) is 12.6. The lowest BCUT2D eigenvalue weighted by Crippen LogP contribution is -2.43. The first-order valence-electron chi connectivity index (χ1n) is 4.53. The molecule has 0 unspecified atom stereocenters. The zero-order valence-corrected chi connectivity index (χ0v) is 9.74. The van der Waals surface area contributed by atoms with Gasteiger partial charge in [0.25, 0.3) is 0 Å². The van der Waals surface area contributed by atoms with Crippen molar-refractivity contribution in [1.29, 1.82) is 0 Å². The molecule has 0 rings (SSSR count). The number of rotatable bonds is 4. The van der Waals surface area contributed by atoms with Gasteiger partial charge in [0.05, 0.1) is 26.6 Å². The van der Waals surface area contributed by atoms with E-state index in [-0.39, 0.29) is 12.1 Å². The van der Waals surface area contributed by atoms with Crippen molar-refractivity contribution < 1.29 is 24.3 Å². The molecule has 0 saturated carbocycles. The molecule has 0 bridgehead atoms. The fraction of sp³-hybridized carbons (Fsp3) is 0.600. The van der Waals surface area contributed by atoms with Gasteiger partial charge in [0.2, 0.25) is 0 Å². The minimum Gasteiger partial charge on any atom is -0.545 e. The maximum absolute atomic E-state index is 10.2. The standard InChI is InChI=1S/C6H13NO2.C4H6O2/c1-4-7(2,3)5-6(8)9;1-3(2)4(5)6/h4-5H2,1-3H3;1H2,2H3,(H,5,6). The van der Waals surface area contributed by atoms with Crippen LogP contribution in [0.2, 0.25) is 0 Å². The van der Waals surface area contributed by atoms with Crippen molar-refractivity contribution in [3.8, 4) is 0 Å². The molecule has 0 saturated heterocycles. The van der Waals surface area contributed by atoms with E-state index >= 15 is 0 Å². The quantitative estimate of drug-likeness (QED) is 0.507. The minimum absolute atomic E-state index is 0.0648. The van der Waals surface area contributed by atoms with Gasteiger partial charge in [0, 0.05) is 0 Å². The second-order valence-corrected chi connectivity index (χ2v) is 3.87. The third-order valence-electron chi connectivity index (χ3n) is 1.77. The van der Waals surface area contributed by atoms with Crippen LogP contribution < -0.4 is 5.11 Å². The van der Waals surface area contributed by atoms with E-state index in [0.29, 0.717) is 4.48 Å². The van der Waals surface area contributed by atoms with E-state index in [0.717, 1.165) is 6.54 Å². The molecule has 0 aliphatic heterocycles. The van der Waals surface area contributed by atoms with Crippen LogP contribution in [0.1, 0.15) is 13.8 Å². The molecule has 88 valence electrons. The molecule has 0 fully saturated rings. The SMILES string of the molecule is C=C(C)C(=O)[O-].CC[N+](C)(C)CC(=O)O. The lowest BCUT2D eigenvalue weighted by atomic mass is 10.4. The van der Waals surface area contributed by atoms with Crippen LogP contribution in [0.5, 0.6) is 0 Å². The molecule has 0 atom stereocenters. The number of nitrogens with zero attached hydrogens (tertiary/aromatic N) is 1. The smallest absolute Gasteiger partial charge is 0.359 e. The normalized spacial score (nSPS) is 9.87. The average Bonchev–Trinajstić information content (AvgIpc) is 2.03. The molecule has 0 aromatic carbocycles. The molecule has 0 heterocycles. The molecule has 0 aliphatic rings. The average molecular weight is 217 g/mol. The lowest BCUT2D eigenvalue weighted by Gasteiger charge is -2.25. The Hall–Kier alpha value is -1.36. The Morgan fingerprint density at radius 3 is 1.80 bits per heavy atom. The third kappa shape index (κ3) is 12.6. The Morgan fingerprint density at radius 2 is 1.73 bits per heavy atom. The number of carboxylic acid groups (broad SMARTS) is 2. The van der Waals surface area contributed by atoms with Gasteiger partial charge in [-0.25, -0.2) is 4.79 Å². The first kappa shape index (κ1) is 16.1. The van der Waals surface area contributed by atoms with Crippen LogP contribution in [-0.2, 0) is 9.59 Å². The van der Waals surface area contributed by atoms with Crippen molar-refractivity contribution in [3.63, 3.8) is 0 Å². The Balaban J connectivity index is 0. The van der Waals surface area contributed by atoms with Gasteiger partial charge in [-0.2, -0.15) is 0 Å². The van der Waals surface area contributed by atoms with Gasteiger partial charge in [-0.1, -0.05) is 6.58 Å². The maximum Gasteiger partial charge on any atom is 0.359 e. The van der Waals surface area contributed by atoms with Crippen LogP contribution in [0, 0.1) is 0 Å². The summed E-state index contributed by atoms with van der Waals surface area (Å²) in [7, 11) is 3.79. The second kappa shape index (κ2) is 7.00. The Kier molecular flexibility index (Phi) is 7.51. The van der Waals surface area contributed by atoms with Crippen LogP contribution in [-0.4, -0.2) is 48.7 Å². The van der Waals surface area contributed by atoms with Crippen LogP contribution in [0.4, 0.5) is 0 Å². The van der Waals surface area contributed by atoms with E-state index in [9.17, 15) is 14.7 Å². The van der Waals surface area contributed by atoms with Crippen molar-refractivity contribution in [1.82, 2.24) is 0 Å². The Bertz CT molecular complexity index is 234. The van der Waals surface area contributed by atoms with E-state index in [1.54, 1.807) is 0 Å². The Morgan fingerprint density at radius 1 is 1.40 bits per heavy atom. The number of quaternary nitrogens is 1. The molecular formula is C10H19NO4. The summed E-state index contributed by atoms with van der Waals surface area (Å²) in [5, 5.41) is 17.9. The predicted molar refractivity (Wildman–Crippen MR) is 55.0 cm³/mol. The van der Waals surface area contributed by atoms with E-state index in [1.165, 1.54) is 6.92 Å². The molecule has 0 aliphatic carbocycles. The molecule has 1 N–H and O–H groups in total. The van der Waals surface area contributed by atoms with Crippen LogP contribution in [0.3, 0.4) is 0 Å². The highest BCUT2D eigenvalue weighted by Crippen LogP contribution is 1.93. The van der Waals surface area contributed by atoms with Gasteiger partial charge in [-0.15, -0.1) is 0 Å². The fourth-order valence-corrected chi connectivity index (χ4v) is 0.478. The maximum atomic E-state index is 10.2. The van der Waals surface area contributed by atoms with Gasteiger partial charge in [0.1, 0.15) is 0 Å². The van der Waals surface area contributed by atoms with Crippen molar-refractivity contribution in [3.05, 3.63) is 12.2 Å². The van der Waals surface area contributed by atoms with E-state index < -0.39 is 11.9 Å². The predicted octanol–water partition coefficient (Wildman–Crippen LogP) is -0.520. The van der Waals surface area contributed by atoms with Gasteiger partial charge < -0.3 is 19.5 Å². The van der Waals surface area contributed by atoms with Gasteiger partial charge in [0.15, 0.2) is 6.54 Å². The van der Waals surface area contributed by atoms with Crippen LogP contribution >= 0.6 is 0 Å². The highest BCUT2D eigenvalue weighted by Gasteiger charge is 2.15. The van der Waals surface area contributed by atoms with Crippen LogP contribution in [0.15, 0.2) is 12.2 Å². The molecule has 15 heavy (non-hydrogen) atoms. The summed E-state index contributed by atoms with van der Waals surface area (Å²) in [4.78, 5) is 19.6. The molecule has 0 amide bonds. The molecule has 0 radical (unpaired) electrons. The summed E-state index contributed by atoms with van der Waals surface area (Å²) < 4.78 is 0.551. The first-order valence-corrected chi connectivity index (χ1v) is 4.53. The van der Waals surface area contributed by atoms with Gasteiger partial charge in [-0.05, 0) is 19.4 Å². The number of aliphatic carboxylic acids is 2. The van der Waals surface area contributed by atoms with E-state index in [1.807, 2.05) is 21.0 Å². The number of hydrogen-bond donors (Lipinski definition) is 1. The number of hydrogen-bond acceptors (Lipinski definition) is 3. The first-order chi connectivity index (χ1) is 6.62. The number of likely N-dealkylation sites (N-methyl/N-ethyl adjacent to an activating group) is 1. The molecular weight excluding hydrogens is 198 g/mol. The monoisotopic (exact) mass is 217 g/mol. The Labute approximate surface area is 90.2 Å². The molecule has 0 spiro atoms. The summed E-state index contributed by atoms with van der Waals surface area (Å²) in [6.07, 6.45) is 0. The topological polar surface area (TPSA) is 77.4 Å². The van der Waals surface area contributed by atoms with Crippen molar-refractivity contribution in [2.24, 2.45) is 0 Å². The van der Waals surface area contributed by atoms with Gasteiger partial charge >= 0.3 is 5.97 Å². The third-order valence-corrected chi connectivity index (χ3v) is 1.77. The summed E-state index contributed by atoms with van der Waals surface area (Å²) >= 11 is 0. The van der Waals surface area contributed by atoms with Crippen molar-refractivity contribution >= 4 is 11.9 Å². The minimum atomic E-state index is -1.19. The lowest BCUT2D eigenvalue weighted by molar-refractivity contribution is -0.881. The van der Waals surface area contributed by atoms with E-state index in [2.05, 4.69) is 6.58 Å². The zero-order valence-electron chi connectivity index (χ0n) is 9.74. The molecule has 0 aromatic heterocycles. The van der Waals surface area contributed by atoms with E-state index in [4.69, 9.17) is 5.11 Å². The highest BCUT2D eigenvalue weighted by atomic mass is 16.4. The fourth-order valence-electron chi connectivity index (χ4n) is 0.478. The summed E-state index contributed by atoms with van der Waals surface area (Å²) in [6.45, 7) is 7.51.